The quantitative estimate of drug-likeness (QED) is 0.165. The topological polar surface area (TPSA) is 19.6 Å². The summed E-state index contributed by atoms with van der Waals surface area (Å²) in [6, 6.07) is 50.9. The summed E-state index contributed by atoms with van der Waals surface area (Å²) in [5.41, 5.74) is 19.4. The van der Waals surface area contributed by atoms with E-state index >= 15 is 0 Å². The van der Waals surface area contributed by atoms with Gasteiger partial charge in [0.15, 0.2) is 0 Å². The summed E-state index contributed by atoms with van der Waals surface area (Å²) in [6.45, 7) is 25.1. The van der Waals surface area contributed by atoms with E-state index in [0.717, 1.165) is 22.8 Å². The van der Waals surface area contributed by atoms with E-state index in [2.05, 4.69) is 219 Å². The number of aryl methyl sites for hydroxylation is 2. The summed E-state index contributed by atoms with van der Waals surface area (Å²) in [4.78, 5) is 5.06. The van der Waals surface area contributed by atoms with Crippen molar-refractivity contribution in [3.8, 4) is 11.1 Å². The first-order chi connectivity index (χ1) is 30.0. The van der Waals surface area contributed by atoms with Crippen LogP contribution in [0.2, 0.25) is 0 Å². The predicted octanol–water partition coefficient (Wildman–Crippen LogP) is 15.1. The second kappa shape index (κ2) is 13.7. The molecule has 0 radical (unpaired) electrons. The number of anilines is 6. The number of benzene rings is 7. The Morgan fingerprint density at radius 2 is 1.02 bits per heavy atom. The first kappa shape index (κ1) is 39.8. The maximum absolute atomic E-state index is 7.39. The smallest absolute Gasteiger partial charge is 0.257 e. The molecule has 7 aromatic carbocycles. The van der Waals surface area contributed by atoms with Crippen LogP contribution in [-0.2, 0) is 16.2 Å². The molecule has 63 heavy (non-hydrogen) atoms. The van der Waals surface area contributed by atoms with Crippen LogP contribution in [0.4, 0.5) is 34.3 Å². The standard InChI is InChI=1S/C58H55BN2OS/c1-34-27-38(56(3,4)5)22-25-45(34)60-47-33-52-43(41-19-15-16-20-51(41)63-52)32-44(47)59-53-42-24-21-40(58(9,10)11)31-50(42)62-55(53)61(46-26-23-39(28-35(46)2)57(6,7)8)49-30-37(29-48(60)54(49)59)36-17-13-12-14-18-36/h12-33H,1-11H3. The zero-order chi connectivity index (χ0) is 43.9. The molecule has 2 aliphatic heterocycles. The van der Waals surface area contributed by atoms with Gasteiger partial charge in [-0.2, -0.15) is 0 Å². The van der Waals surface area contributed by atoms with Crippen LogP contribution >= 0.6 is 11.3 Å². The monoisotopic (exact) mass is 838 g/mol. The molecule has 0 bridgehead atoms. The Morgan fingerprint density at radius 3 is 1.65 bits per heavy atom. The summed E-state index contributed by atoms with van der Waals surface area (Å²) >= 11 is 1.89. The molecule has 0 saturated carbocycles. The Morgan fingerprint density at radius 1 is 0.444 bits per heavy atom. The highest BCUT2D eigenvalue weighted by Crippen LogP contribution is 2.50. The molecule has 9 aromatic rings. The Balaban J connectivity index is 1.31. The minimum atomic E-state index is -0.0922. The van der Waals surface area contributed by atoms with Crippen LogP contribution in [0.5, 0.6) is 0 Å². The highest BCUT2D eigenvalue weighted by Gasteiger charge is 2.47. The number of hydrogen-bond donors (Lipinski definition) is 0. The summed E-state index contributed by atoms with van der Waals surface area (Å²) in [7, 11) is 0. The molecule has 0 saturated heterocycles. The van der Waals surface area contributed by atoms with Crippen LogP contribution in [0.3, 0.4) is 0 Å². The van der Waals surface area contributed by atoms with Crippen LogP contribution < -0.4 is 26.2 Å². The molecule has 0 spiro atoms. The lowest BCUT2D eigenvalue weighted by Crippen LogP contribution is -2.61. The van der Waals surface area contributed by atoms with Crippen molar-refractivity contribution in [1.82, 2.24) is 0 Å². The Bertz CT molecular complexity index is 3330. The van der Waals surface area contributed by atoms with Gasteiger partial charge in [0.25, 0.3) is 6.71 Å². The van der Waals surface area contributed by atoms with E-state index in [1.807, 2.05) is 11.3 Å². The zero-order valence-electron chi connectivity index (χ0n) is 38.5. The average molecular weight is 839 g/mol. The largest absolute Gasteiger partial charge is 0.440 e. The van der Waals surface area contributed by atoms with Crippen LogP contribution in [-0.4, -0.2) is 6.71 Å². The summed E-state index contributed by atoms with van der Waals surface area (Å²) in [5.74, 6) is 0.900. The summed E-state index contributed by atoms with van der Waals surface area (Å²) in [5, 5.41) is 3.78. The van der Waals surface area contributed by atoms with E-state index in [9.17, 15) is 0 Å². The fourth-order valence-electron chi connectivity index (χ4n) is 10.2. The molecule has 2 aromatic heterocycles. The SMILES string of the molecule is Cc1cc(C(C)(C)C)ccc1N1c2cc3sc4ccccc4c3cc2B2c3c1cc(-c1ccccc1)cc3N(c1ccc(C(C)(C)C)cc1C)c1oc3cc(C(C)(C)C)ccc3c12. The maximum atomic E-state index is 7.39. The maximum Gasteiger partial charge on any atom is 0.257 e. The van der Waals surface area contributed by atoms with Crippen LogP contribution in [0.15, 0.2) is 138 Å². The number of thiophene rings is 1. The van der Waals surface area contributed by atoms with E-state index in [0.29, 0.717) is 0 Å². The molecule has 312 valence electrons. The van der Waals surface area contributed by atoms with Gasteiger partial charge in [-0.15, -0.1) is 11.3 Å². The van der Waals surface area contributed by atoms with Crippen molar-refractivity contribution in [3.05, 3.63) is 161 Å². The number of rotatable bonds is 3. The lowest BCUT2D eigenvalue weighted by molar-refractivity contribution is 0.584. The molecule has 0 aliphatic carbocycles. The van der Waals surface area contributed by atoms with E-state index in [1.54, 1.807) is 0 Å². The molecule has 0 amide bonds. The van der Waals surface area contributed by atoms with E-state index in [-0.39, 0.29) is 23.0 Å². The van der Waals surface area contributed by atoms with Crippen molar-refractivity contribution in [2.24, 2.45) is 0 Å². The third-order valence-electron chi connectivity index (χ3n) is 13.8. The highest BCUT2D eigenvalue weighted by molar-refractivity contribution is 7.26. The Labute approximate surface area is 377 Å². The minimum absolute atomic E-state index is 0.0122. The fraction of sp³-hybridized carbons (Fsp3) is 0.241. The lowest BCUT2D eigenvalue weighted by atomic mass is 9.33. The van der Waals surface area contributed by atoms with Gasteiger partial charge in [0.2, 0.25) is 5.88 Å². The van der Waals surface area contributed by atoms with Gasteiger partial charge in [-0.1, -0.05) is 153 Å². The molecular weight excluding hydrogens is 784 g/mol. The van der Waals surface area contributed by atoms with Crippen LogP contribution in [0, 0.1) is 13.8 Å². The van der Waals surface area contributed by atoms with Gasteiger partial charge < -0.3 is 9.32 Å². The second-order valence-corrected chi connectivity index (χ2v) is 22.3. The molecule has 3 nitrogen and oxygen atoms in total. The van der Waals surface area contributed by atoms with Crippen molar-refractivity contribution in [2.45, 2.75) is 92.4 Å². The lowest BCUT2D eigenvalue weighted by Gasteiger charge is -2.43. The van der Waals surface area contributed by atoms with Crippen LogP contribution in [0.1, 0.15) is 90.1 Å². The number of fused-ring (bicyclic) bond motifs is 9. The molecule has 0 N–H and O–H groups in total. The van der Waals surface area contributed by atoms with Gasteiger partial charge in [0, 0.05) is 48.4 Å². The molecule has 0 unspecified atom stereocenters. The van der Waals surface area contributed by atoms with Crippen molar-refractivity contribution >= 4 is 99.9 Å². The molecule has 2 aliphatic rings. The van der Waals surface area contributed by atoms with E-state index < -0.39 is 0 Å². The molecule has 4 heterocycles. The number of nitrogens with zero attached hydrogens (tertiary/aromatic N) is 2. The van der Waals surface area contributed by atoms with Gasteiger partial charge in [-0.05, 0) is 128 Å². The molecule has 11 rings (SSSR count). The van der Waals surface area contributed by atoms with Crippen LogP contribution in [0.25, 0.3) is 42.3 Å². The number of furan rings is 1. The Kier molecular flexibility index (Phi) is 8.67. The zero-order valence-corrected chi connectivity index (χ0v) is 39.3. The van der Waals surface area contributed by atoms with Gasteiger partial charge in [-0.25, -0.2) is 0 Å². The van der Waals surface area contributed by atoms with E-state index in [4.69, 9.17) is 4.42 Å². The predicted molar refractivity (Wildman–Crippen MR) is 274 cm³/mol. The summed E-state index contributed by atoms with van der Waals surface area (Å²) in [6.07, 6.45) is 0. The van der Waals surface area contributed by atoms with Crippen molar-refractivity contribution in [1.29, 1.82) is 0 Å². The van der Waals surface area contributed by atoms with Gasteiger partial charge in [-0.3, -0.25) is 4.90 Å². The highest BCUT2D eigenvalue weighted by atomic mass is 32.1. The summed E-state index contributed by atoms with van der Waals surface area (Å²) < 4.78 is 10.00. The molecule has 0 atom stereocenters. The molecular formula is C58H55BN2OS. The first-order valence-corrected chi connectivity index (χ1v) is 23.4. The van der Waals surface area contributed by atoms with Gasteiger partial charge in [0.1, 0.15) is 5.58 Å². The number of hydrogen-bond acceptors (Lipinski definition) is 4. The third kappa shape index (κ3) is 6.21. The third-order valence-corrected chi connectivity index (χ3v) is 14.9. The van der Waals surface area contributed by atoms with Crippen molar-refractivity contribution < 1.29 is 4.42 Å². The van der Waals surface area contributed by atoms with Crippen molar-refractivity contribution in [3.63, 3.8) is 0 Å². The van der Waals surface area contributed by atoms with Gasteiger partial charge in [0.05, 0.1) is 5.69 Å². The Hall–Kier alpha value is -6.04. The molecule has 5 heteroatoms. The van der Waals surface area contributed by atoms with Crippen molar-refractivity contribution in [2.75, 3.05) is 9.80 Å². The molecule has 0 fully saturated rings. The average Bonchev–Trinajstić information content (AvgIpc) is 3.80. The van der Waals surface area contributed by atoms with Gasteiger partial charge >= 0.3 is 0 Å². The minimum Gasteiger partial charge on any atom is -0.440 e. The first-order valence-electron chi connectivity index (χ1n) is 22.5. The normalized spacial score (nSPS) is 13.9. The fourth-order valence-corrected chi connectivity index (χ4v) is 11.4. The second-order valence-electron chi connectivity index (χ2n) is 21.2. The van der Waals surface area contributed by atoms with E-state index in [1.165, 1.54) is 98.0 Å².